The fourth-order valence-corrected chi connectivity index (χ4v) is 2.60. The molecule has 0 saturated carbocycles. The van der Waals surface area contributed by atoms with Crippen LogP contribution in [0.15, 0.2) is 24.3 Å². The van der Waals surface area contributed by atoms with Crippen LogP contribution in [-0.2, 0) is 0 Å². The molecule has 0 amide bonds. The second kappa shape index (κ2) is 6.30. The summed E-state index contributed by atoms with van der Waals surface area (Å²) in [5, 5.41) is 3.25. The smallest absolute Gasteiger partial charge is 0.387 e. The Balaban J connectivity index is 2.12. The maximum absolute atomic E-state index is 12.4. The highest BCUT2D eigenvalue weighted by Gasteiger charge is 2.27. The Labute approximate surface area is 112 Å². The molecule has 1 aromatic carbocycles. The van der Waals surface area contributed by atoms with Crippen LogP contribution >= 0.6 is 0 Å². The van der Waals surface area contributed by atoms with E-state index >= 15 is 0 Å². The first-order valence-electron chi connectivity index (χ1n) is 6.57. The molecule has 1 aromatic rings. The minimum atomic E-state index is -2.78. The Bertz CT molecular complexity index is 414. The molecule has 2 unspecified atom stereocenters. The van der Waals surface area contributed by atoms with Gasteiger partial charge in [0.2, 0.25) is 0 Å². The molecular weight excluding hydrogens is 250 g/mol. The van der Waals surface area contributed by atoms with E-state index in [2.05, 4.69) is 15.0 Å². The maximum Gasteiger partial charge on any atom is 0.387 e. The minimum Gasteiger partial charge on any atom is -0.434 e. The Morgan fingerprint density at radius 2 is 2.11 bits per heavy atom. The van der Waals surface area contributed by atoms with E-state index in [4.69, 9.17) is 0 Å². The van der Waals surface area contributed by atoms with Crippen molar-refractivity contribution in [1.29, 1.82) is 0 Å². The SMILES string of the molecule is CNC1CCN(C(C)c2ccccc2OC(F)F)C1. The van der Waals surface area contributed by atoms with Crippen LogP contribution in [0.5, 0.6) is 5.75 Å². The molecule has 3 nitrogen and oxygen atoms in total. The van der Waals surface area contributed by atoms with E-state index in [0.717, 1.165) is 25.1 Å². The second-order valence-corrected chi connectivity index (χ2v) is 4.86. The summed E-state index contributed by atoms with van der Waals surface area (Å²) in [5.74, 6) is 0.276. The number of hydrogen-bond acceptors (Lipinski definition) is 3. The van der Waals surface area contributed by atoms with Gasteiger partial charge in [0.25, 0.3) is 0 Å². The number of likely N-dealkylation sites (tertiary alicyclic amines) is 1. The number of alkyl halides is 2. The molecule has 2 atom stereocenters. The fourth-order valence-electron chi connectivity index (χ4n) is 2.60. The van der Waals surface area contributed by atoms with Crippen LogP contribution in [0.25, 0.3) is 0 Å². The van der Waals surface area contributed by atoms with Crippen molar-refractivity contribution in [2.24, 2.45) is 0 Å². The Kier molecular flexibility index (Phi) is 4.71. The van der Waals surface area contributed by atoms with Crippen molar-refractivity contribution < 1.29 is 13.5 Å². The molecule has 19 heavy (non-hydrogen) atoms. The quantitative estimate of drug-likeness (QED) is 0.890. The van der Waals surface area contributed by atoms with Crippen molar-refractivity contribution in [3.8, 4) is 5.75 Å². The largest absolute Gasteiger partial charge is 0.434 e. The van der Waals surface area contributed by atoms with Crippen LogP contribution in [0.3, 0.4) is 0 Å². The first kappa shape index (κ1) is 14.2. The van der Waals surface area contributed by atoms with Crippen LogP contribution in [0, 0.1) is 0 Å². The summed E-state index contributed by atoms with van der Waals surface area (Å²) < 4.78 is 29.4. The van der Waals surface area contributed by atoms with Crippen LogP contribution in [0.1, 0.15) is 24.9 Å². The molecule has 2 rings (SSSR count). The minimum absolute atomic E-state index is 0.0771. The number of hydrogen-bond donors (Lipinski definition) is 1. The zero-order chi connectivity index (χ0) is 13.8. The summed E-state index contributed by atoms with van der Waals surface area (Å²) >= 11 is 0. The van der Waals surface area contributed by atoms with Crippen molar-refractivity contribution in [3.05, 3.63) is 29.8 Å². The predicted molar refractivity (Wildman–Crippen MR) is 70.5 cm³/mol. The van der Waals surface area contributed by atoms with Gasteiger partial charge in [0.1, 0.15) is 5.75 Å². The zero-order valence-corrected chi connectivity index (χ0v) is 11.3. The standard InChI is InChI=1S/C14H20F2N2O/c1-10(18-8-7-11(9-18)17-2)12-5-3-4-6-13(12)19-14(15)16/h3-6,10-11,14,17H,7-9H2,1-2H3. The molecule has 5 heteroatoms. The summed E-state index contributed by atoms with van der Waals surface area (Å²) in [6.07, 6.45) is 1.08. The van der Waals surface area contributed by atoms with Crippen molar-refractivity contribution in [2.75, 3.05) is 20.1 Å². The molecule has 1 heterocycles. The number of para-hydroxylation sites is 1. The van der Waals surface area contributed by atoms with E-state index in [1.54, 1.807) is 12.1 Å². The lowest BCUT2D eigenvalue weighted by molar-refractivity contribution is -0.0510. The lowest BCUT2D eigenvalue weighted by Crippen LogP contribution is -2.31. The van der Waals surface area contributed by atoms with E-state index in [9.17, 15) is 8.78 Å². The van der Waals surface area contributed by atoms with Crippen LogP contribution in [0.2, 0.25) is 0 Å². The number of halogens is 2. The monoisotopic (exact) mass is 270 g/mol. The molecular formula is C14H20F2N2O. The highest BCUT2D eigenvalue weighted by molar-refractivity contribution is 5.35. The predicted octanol–water partition coefficient (Wildman–Crippen LogP) is 2.64. The number of ether oxygens (including phenoxy) is 1. The van der Waals surface area contributed by atoms with Gasteiger partial charge in [0.15, 0.2) is 0 Å². The van der Waals surface area contributed by atoms with Gasteiger partial charge in [-0.05, 0) is 26.5 Å². The summed E-state index contributed by atoms with van der Waals surface area (Å²) in [6.45, 7) is 1.15. The normalized spacial score (nSPS) is 21.8. The Morgan fingerprint density at radius 3 is 2.74 bits per heavy atom. The van der Waals surface area contributed by atoms with Gasteiger partial charge < -0.3 is 10.1 Å². The molecule has 106 valence electrons. The number of likely N-dealkylation sites (N-methyl/N-ethyl adjacent to an activating group) is 1. The van der Waals surface area contributed by atoms with Crippen molar-refractivity contribution in [3.63, 3.8) is 0 Å². The number of rotatable bonds is 5. The van der Waals surface area contributed by atoms with Gasteiger partial charge in [-0.1, -0.05) is 18.2 Å². The highest BCUT2D eigenvalue weighted by atomic mass is 19.3. The molecule has 1 aliphatic rings. The molecule has 0 bridgehead atoms. The molecule has 0 aromatic heterocycles. The third-order valence-corrected chi connectivity index (χ3v) is 3.76. The molecule has 1 aliphatic heterocycles. The molecule has 1 saturated heterocycles. The zero-order valence-electron chi connectivity index (χ0n) is 11.3. The van der Waals surface area contributed by atoms with E-state index in [0.29, 0.717) is 6.04 Å². The molecule has 0 aliphatic carbocycles. The van der Waals surface area contributed by atoms with Gasteiger partial charge in [0, 0.05) is 30.7 Å². The lowest BCUT2D eigenvalue weighted by Gasteiger charge is -2.26. The van der Waals surface area contributed by atoms with Gasteiger partial charge >= 0.3 is 6.61 Å². The number of nitrogens with one attached hydrogen (secondary N) is 1. The average molecular weight is 270 g/mol. The maximum atomic E-state index is 12.4. The van der Waals surface area contributed by atoms with E-state index in [-0.39, 0.29) is 11.8 Å². The van der Waals surface area contributed by atoms with Gasteiger partial charge in [-0.2, -0.15) is 8.78 Å². The average Bonchev–Trinajstić information content (AvgIpc) is 2.86. The summed E-state index contributed by atoms with van der Waals surface area (Å²) in [6, 6.07) is 7.59. The highest BCUT2D eigenvalue weighted by Crippen LogP contribution is 2.32. The van der Waals surface area contributed by atoms with E-state index in [1.807, 2.05) is 26.1 Å². The first-order valence-corrected chi connectivity index (χ1v) is 6.57. The molecule has 1 N–H and O–H groups in total. The van der Waals surface area contributed by atoms with Crippen molar-refractivity contribution in [2.45, 2.75) is 32.0 Å². The second-order valence-electron chi connectivity index (χ2n) is 4.86. The van der Waals surface area contributed by atoms with E-state index in [1.165, 1.54) is 0 Å². The fraction of sp³-hybridized carbons (Fsp3) is 0.571. The van der Waals surface area contributed by atoms with Gasteiger partial charge in [-0.25, -0.2) is 0 Å². The lowest BCUT2D eigenvalue weighted by atomic mass is 10.1. The van der Waals surface area contributed by atoms with Gasteiger partial charge in [0.05, 0.1) is 0 Å². The summed E-state index contributed by atoms with van der Waals surface area (Å²) in [5.41, 5.74) is 0.819. The third-order valence-electron chi connectivity index (χ3n) is 3.76. The molecule has 1 fully saturated rings. The topological polar surface area (TPSA) is 24.5 Å². The van der Waals surface area contributed by atoms with E-state index < -0.39 is 6.61 Å². The number of nitrogens with zero attached hydrogens (tertiary/aromatic N) is 1. The Morgan fingerprint density at radius 1 is 1.37 bits per heavy atom. The van der Waals surface area contributed by atoms with Gasteiger partial charge in [-0.15, -0.1) is 0 Å². The van der Waals surface area contributed by atoms with Crippen LogP contribution in [0.4, 0.5) is 8.78 Å². The van der Waals surface area contributed by atoms with Crippen molar-refractivity contribution >= 4 is 0 Å². The van der Waals surface area contributed by atoms with Crippen LogP contribution in [-0.4, -0.2) is 37.7 Å². The summed E-state index contributed by atoms with van der Waals surface area (Å²) in [4.78, 5) is 2.29. The third kappa shape index (κ3) is 3.42. The first-order chi connectivity index (χ1) is 9.11. The molecule has 0 spiro atoms. The van der Waals surface area contributed by atoms with Crippen molar-refractivity contribution in [1.82, 2.24) is 10.2 Å². The Hall–Kier alpha value is -1.20. The van der Waals surface area contributed by atoms with Crippen LogP contribution < -0.4 is 10.1 Å². The van der Waals surface area contributed by atoms with Gasteiger partial charge in [-0.3, -0.25) is 4.90 Å². The number of benzene rings is 1. The summed E-state index contributed by atoms with van der Waals surface area (Å²) in [7, 11) is 1.95. The molecule has 0 radical (unpaired) electrons.